The highest BCUT2D eigenvalue weighted by atomic mass is 16.6. The van der Waals surface area contributed by atoms with Crippen molar-refractivity contribution in [3.05, 3.63) is 24.3 Å². The first-order valence-electron chi connectivity index (χ1n) is 7.82. The molecule has 3 heteroatoms. The molecule has 0 radical (unpaired) electrons. The van der Waals surface area contributed by atoms with Crippen LogP contribution in [0.2, 0.25) is 0 Å². The van der Waals surface area contributed by atoms with Gasteiger partial charge >= 0.3 is 0 Å². The second-order valence-electron chi connectivity index (χ2n) is 5.90. The van der Waals surface area contributed by atoms with Crippen molar-refractivity contribution in [1.82, 2.24) is 5.32 Å². The number of benzene rings is 1. The highest BCUT2D eigenvalue weighted by Crippen LogP contribution is 2.32. The first kappa shape index (κ1) is 15.2. The van der Waals surface area contributed by atoms with Crippen LogP contribution in [0.1, 0.15) is 40.0 Å². The molecule has 2 unspecified atom stereocenters. The van der Waals surface area contributed by atoms with Crippen LogP contribution < -0.4 is 14.8 Å². The van der Waals surface area contributed by atoms with E-state index in [1.54, 1.807) is 0 Å². The second kappa shape index (κ2) is 7.53. The number of hydrogen-bond donors (Lipinski definition) is 1. The van der Waals surface area contributed by atoms with Crippen molar-refractivity contribution in [2.24, 2.45) is 5.92 Å². The van der Waals surface area contributed by atoms with Crippen molar-refractivity contribution in [2.75, 3.05) is 13.2 Å². The second-order valence-corrected chi connectivity index (χ2v) is 5.90. The number of rotatable bonds is 7. The fourth-order valence-electron chi connectivity index (χ4n) is 2.66. The topological polar surface area (TPSA) is 30.5 Å². The normalized spacial score (nSPS) is 19.1. The minimum atomic E-state index is 0.108. The van der Waals surface area contributed by atoms with Crippen LogP contribution >= 0.6 is 0 Å². The molecule has 1 aromatic carbocycles. The zero-order chi connectivity index (χ0) is 14.4. The number of ether oxygens (including phenoxy) is 2. The van der Waals surface area contributed by atoms with Gasteiger partial charge in [0.1, 0.15) is 12.7 Å². The molecule has 1 aliphatic heterocycles. The zero-order valence-corrected chi connectivity index (χ0v) is 12.9. The van der Waals surface area contributed by atoms with Gasteiger partial charge in [-0.25, -0.2) is 0 Å². The monoisotopic (exact) mass is 277 g/mol. The van der Waals surface area contributed by atoms with Crippen LogP contribution in [-0.2, 0) is 0 Å². The first-order valence-corrected chi connectivity index (χ1v) is 7.82. The molecule has 0 saturated carbocycles. The van der Waals surface area contributed by atoms with E-state index in [1.807, 2.05) is 24.3 Å². The Morgan fingerprint density at radius 2 is 1.95 bits per heavy atom. The van der Waals surface area contributed by atoms with Crippen LogP contribution in [0.4, 0.5) is 0 Å². The van der Waals surface area contributed by atoms with Crippen LogP contribution in [0.5, 0.6) is 11.5 Å². The maximum absolute atomic E-state index is 6.12. The Hall–Kier alpha value is -1.22. The van der Waals surface area contributed by atoms with Crippen molar-refractivity contribution < 1.29 is 9.47 Å². The average molecular weight is 277 g/mol. The van der Waals surface area contributed by atoms with Gasteiger partial charge in [-0.1, -0.05) is 45.7 Å². The summed E-state index contributed by atoms with van der Waals surface area (Å²) >= 11 is 0. The molecule has 3 nitrogen and oxygen atoms in total. The number of nitrogens with one attached hydrogen (secondary N) is 1. The summed E-state index contributed by atoms with van der Waals surface area (Å²) < 4.78 is 11.9. The van der Waals surface area contributed by atoms with Gasteiger partial charge in [-0.3, -0.25) is 0 Å². The van der Waals surface area contributed by atoms with E-state index in [0.29, 0.717) is 12.6 Å². The van der Waals surface area contributed by atoms with Crippen molar-refractivity contribution in [2.45, 2.75) is 52.2 Å². The summed E-state index contributed by atoms with van der Waals surface area (Å²) in [6.07, 6.45) is 3.75. The maximum Gasteiger partial charge on any atom is 0.161 e. The summed E-state index contributed by atoms with van der Waals surface area (Å²) in [5.41, 5.74) is 0. The number of likely N-dealkylation sites (N-methyl/N-ethyl adjacent to an activating group) is 1. The van der Waals surface area contributed by atoms with Gasteiger partial charge in [0.05, 0.1) is 0 Å². The molecule has 2 atom stereocenters. The molecule has 0 fully saturated rings. The SMILES string of the molecule is CCNC(CCCC(C)C)C1COc2ccccc2O1. The van der Waals surface area contributed by atoms with Crippen LogP contribution in [0, 0.1) is 5.92 Å². The molecule has 112 valence electrons. The molecule has 0 saturated heterocycles. The van der Waals surface area contributed by atoms with E-state index in [0.717, 1.165) is 30.4 Å². The summed E-state index contributed by atoms with van der Waals surface area (Å²) in [6.45, 7) is 8.30. The Morgan fingerprint density at radius 3 is 2.65 bits per heavy atom. The molecule has 1 aromatic rings. The minimum Gasteiger partial charge on any atom is -0.486 e. The van der Waals surface area contributed by atoms with Crippen molar-refractivity contribution in [1.29, 1.82) is 0 Å². The Kier molecular flexibility index (Phi) is 5.72. The Bertz CT molecular complexity index is 406. The Balaban J connectivity index is 1.93. The molecular weight excluding hydrogens is 250 g/mol. The van der Waals surface area contributed by atoms with E-state index in [2.05, 4.69) is 26.1 Å². The van der Waals surface area contributed by atoms with Gasteiger partial charge in [0.25, 0.3) is 0 Å². The lowest BCUT2D eigenvalue weighted by Crippen LogP contribution is -2.47. The third kappa shape index (κ3) is 4.14. The number of fused-ring (bicyclic) bond motifs is 1. The summed E-state index contributed by atoms with van der Waals surface area (Å²) in [5, 5.41) is 3.55. The molecule has 20 heavy (non-hydrogen) atoms. The van der Waals surface area contributed by atoms with Gasteiger partial charge in [0.2, 0.25) is 0 Å². The highest BCUT2D eigenvalue weighted by molar-refractivity contribution is 5.40. The smallest absolute Gasteiger partial charge is 0.161 e. The van der Waals surface area contributed by atoms with Gasteiger partial charge < -0.3 is 14.8 Å². The highest BCUT2D eigenvalue weighted by Gasteiger charge is 2.27. The van der Waals surface area contributed by atoms with Crippen molar-refractivity contribution >= 4 is 0 Å². The fourth-order valence-corrected chi connectivity index (χ4v) is 2.66. The Morgan fingerprint density at radius 1 is 1.20 bits per heavy atom. The molecule has 2 rings (SSSR count). The minimum absolute atomic E-state index is 0.108. The largest absolute Gasteiger partial charge is 0.486 e. The Labute approximate surface area is 122 Å². The van der Waals surface area contributed by atoms with Gasteiger partial charge in [0.15, 0.2) is 11.5 Å². The van der Waals surface area contributed by atoms with E-state index in [1.165, 1.54) is 12.8 Å². The molecular formula is C17H27NO2. The van der Waals surface area contributed by atoms with E-state index >= 15 is 0 Å². The van der Waals surface area contributed by atoms with Gasteiger partial charge in [0, 0.05) is 6.04 Å². The van der Waals surface area contributed by atoms with E-state index in [9.17, 15) is 0 Å². The molecule has 1 N–H and O–H groups in total. The lowest BCUT2D eigenvalue weighted by Gasteiger charge is -2.32. The quantitative estimate of drug-likeness (QED) is 0.825. The predicted octanol–water partition coefficient (Wildman–Crippen LogP) is 3.63. The van der Waals surface area contributed by atoms with Crippen molar-refractivity contribution in [3.63, 3.8) is 0 Å². The standard InChI is InChI=1S/C17H27NO2/c1-4-18-14(9-7-8-13(2)3)17-12-19-15-10-5-6-11-16(15)20-17/h5-6,10-11,13-14,17-18H,4,7-9,12H2,1-3H3. The number of hydrogen-bond acceptors (Lipinski definition) is 3. The molecule has 0 spiro atoms. The molecule has 0 amide bonds. The summed E-state index contributed by atoms with van der Waals surface area (Å²) in [5.74, 6) is 2.50. The maximum atomic E-state index is 6.12. The van der Waals surface area contributed by atoms with Crippen LogP contribution in [-0.4, -0.2) is 25.3 Å². The molecule has 0 aromatic heterocycles. The first-order chi connectivity index (χ1) is 9.70. The van der Waals surface area contributed by atoms with Gasteiger partial charge in [-0.2, -0.15) is 0 Å². The number of para-hydroxylation sites is 2. The van der Waals surface area contributed by atoms with E-state index in [-0.39, 0.29) is 6.10 Å². The molecule has 1 aliphatic rings. The third-order valence-corrected chi connectivity index (χ3v) is 3.74. The molecule has 1 heterocycles. The van der Waals surface area contributed by atoms with Crippen molar-refractivity contribution in [3.8, 4) is 11.5 Å². The van der Waals surface area contributed by atoms with Crippen LogP contribution in [0.25, 0.3) is 0 Å². The lowest BCUT2D eigenvalue weighted by atomic mass is 9.99. The summed E-state index contributed by atoms with van der Waals surface area (Å²) in [6, 6.07) is 8.29. The summed E-state index contributed by atoms with van der Waals surface area (Å²) in [4.78, 5) is 0. The molecule has 0 aliphatic carbocycles. The van der Waals surface area contributed by atoms with Crippen LogP contribution in [0.15, 0.2) is 24.3 Å². The lowest BCUT2D eigenvalue weighted by molar-refractivity contribution is 0.0589. The third-order valence-electron chi connectivity index (χ3n) is 3.74. The van der Waals surface area contributed by atoms with Gasteiger partial charge in [-0.05, 0) is 31.0 Å². The molecule has 0 bridgehead atoms. The zero-order valence-electron chi connectivity index (χ0n) is 12.9. The summed E-state index contributed by atoms with van der Waals surface area (Å²) in [7, 11) is 0. The predicted molar refractivity (Wildman–Crippen MR) is 82.5 cm³/mol. The van der Waals surface area contributed by atoms with Gasteiger partial charge in [-0.15, -0.1) is 0 Å². The average Bonchev–Trinajstić information content (AvgIpc) is 2.45. The van der Waals surface area contributed by atoms with Crippen LogP contribution in [0.3, 0.4) is 0 Å². The van der Waals surface area contributed by atoms with E-state index in [4.69, 9.17) is 9.47 Å². The fraction of sp³-hybridized carbons (Fsp3) is 0.647. The van der Waals surface area contributed by atoms with E-state index < -0.39 is 0 Å².